The second-order valence-corrected chi connectivity index (χ2v) is 5.10. The van der Waals surface area contributed by atoms with Crippen LogP contribution in [0.15, 0.2) is 12.5 Å². The Bertz CT molecular complexity index is 389. The molecule has 0 unspecified atom stereocenters. The topological polar surface area (TPSA) is 66.9 Å². The Morgan fingerprint density at radius 3 is 2.76 bits per heavy atom. The van der Waals surface area contributed by atoms with E-state index in [4.69, 9.17) is 11.6 Å². The lowest BCUT2D eigenvalue weighted by atomic mass is 10.1. The third-order valence-electron chi connectivity index (χ3n) is 1.83. The molecule has 0 atom stereocenters. The lowest BCUT2D eigenvalue weighted by Gasteiger charge is -2.20. The van der Waals surface area contributed by atoms with E-state index in [1.807, 2.05) is 20.8 Å². The number of carbonyl (C=O) groups excluding carboxylic acids is 1. The molecule has 0 saturated heterocycles. The molecule has 0 aromatic carbocycles. The van der Waals surface area contributed by atoms with E-state index in [2.05, 4.69) is 20.6 Å². The molecule has 0 fully saturated rings. The average molecular weight is 257 g/mol. The predicted molar refractivity (Wildman–Crippen MR) is 68.0 cm³/mol. The minimum Gasteiger partial charge on any atom is -0.368 e. The fourth-order valence-corrected chi connectivity index (χ4v) is 1.39. The summed E-state index contributed by atoms with van der Waals surface area (Å²) in [6.07, 6.45) is 3.28. The van der Waals surface area contributed by atoms with Gasteiger partial charge in [0, 0.05) is 18.5 Å². The van der Waals surface area contributed by atoms with Crippen molar-refractivity contribution in [3.05, 3.63) is 17.5 Å². The van der Waals surface area contributed by atoms with Crippen LogP contribution in [0.4, 0.5) is 5.82 Å². The van der Waals surface area contributed by atoms with Gasteiger partial charge in [0.1, 0.15) is 17.2 Å². The summed E-state index contributed by atoms with van der Waals surface area (Å²) in [6.45, 7) is 6.32. The highest BCUT2D eigenvalue weighted by molar-refractivity contribution is 6.32. The van der Waals surface area contributed by atoms with Crippen molar-refractivity contribution in [2.45, 2.75) is 32.7 Å². The summed E-state index contributed by atoms with van der Waals surface area (Å²) < 4.78 is 0. The fourth-order valence-electron chi connectivity index (χ4n) is 1.22. The molecule has 1 aromatic rings. The Labute approximate surface area is 106 Å². The molecule has 0 radical (unpaired) electrons. The van der Waals surface area contributed by atoms with Gasteiger partial charge in [-0.25, -0.2) is 9.97 Å². The molecular formula is C11H17ClN4O. The quantitative estimate of drug-likeness (QED) is 0.863. The monoisotopic (exact) mass is 256 g/mol. The van der Waals surface area contributed by atoms with Gasteiger partial charge in [-0.1, -0.05) is 11.6 Å². The van der Waals surface area contributed by atoms with Crippen molar-refractivity contribution in [1.29, 1.82) is 0 Å². The summed E-state index contributed by atoms with van der Waals surface area (Å²) in [5.74, 6) is 0.542. The van der Waals surface area contributed by atoms with Crippen molar-refractivity contribution >= 4 is 23.3 Å². The third kappa shape index (κ3) is 5.49. The highest BCUT2D eigenvalue weighted by atomic mass is 35.5. The molecule has 1 heterocycles. The van der Waals surface area contributed by atoms with Gasteiger partial charge in [0.05, 0.1) is 6.20 Å². The van der Waals surface area contributed by atoms with Crippen LogP contribution in [-0.2, 0) is 4.79 Å². The predicted octanol–water partition coefficient (Wildman–Crippen LogP) is 1.85. The van der Waals surface area contributed by atoms with Crippen LogP contribution in [0, 0.1) is 0 Å². The molecule has 0 saturated carbocycles. The normalized spacial score (nSPS) is 11.1. The van der Waals surface area contributed by atoms with Gasteiger partial charge in [-0.2, -0.15) is 0 Å². The van der Waals surface area contributed by atoms with E-state index in [1.165, 1.54) is 12.5 Å². The highest BCUT2D eigenvalue weighted by Crippen LogP contribution is 2.15. The number of anilines is 1. The van der Waals surface area contributed by atoms with E-state index in [1.54, 1.807) is 0 Å². The van der Waals surface area contributed by atoms with Crippen LogP contribution in [0.25, 0.3) is 0 Å². The largest absolute Gasteiger partial charge is 0.368 e. The Balaban J connectivity index is 2.34. The third-order valence-corrected chi connectivity index (χ3v) is 2.10. The number of rotatable bonds is 4. The van der Waals surface area contributed by atoms with Gasteiger partial charge in [0.15, 0.2) is 0 Å². The second kappa shape index (κ2) is 5.82. The number of nitrogens with one attached hydrogen (secondary N) is 2. The van der Waals surface area contributed by atoms with Crippen LogP contribution in [0.1, 0.15) is 27.2 Å². The van der Waals surface area contributed by atoms with Crippen molar-refractivity contribution in [1.82, 2.24) is 15.3 Å². The number of aromatic nitrogens is 2. The standard InChI is InChI=1S/C11H17ClN4O/c1-11(2,3)16-9(17)4-5-14-10-8(12)6-13-7-15-10/h6-7H,4-5H2,1-3H3,(H,16,17)(H,13,14,15). The summed E-state index contributed by atoms with van der Waals surface area (Å²) in [4.78, 5) is 19.3. The maximum atomic E-state index is 11.5. The van der Waals surface area contributed by atoms with Gasteiger partial charge in [-0.05, 0) is 20.8 Å². The number of amides is 1. The highest BCUT2D eigenvalue weighted by Gasteiger charge is 2.13. The molecule has 94 valence electrons. The summed E-state index contributed by atoms with van der Waals surface area (Å²) >= 11 is 5.86. The molecule has 0 bridgehead atoms. The fraction of sp³-hybridized carbons (Fsp3) is 0.545. The van der Waals surface area contributed by atoms with E-state index >= 15 is 0 Å². The number of nitrogens with zero attached hydrogens (tertiary/aromatic N) is 2. The Hall–Kier alpha value is -1.36. The van der Waals surface area contributed by atoms with E-state index < -0.39 is 0 Å². The van der Waals surface area contributed by atoms with Gasteiger partial charge in [-0.3, -0.25) is 4.79 Å². The lowest BCUT2D eigenvalue weighted by molar-refractivity contribution is -0.122. The van der Waals surface area contributed by atoms with Gasteiger partial charge >= 0.3 is 0 Å². The SMILES string of the molecule is CC(C)(C)NC(=O)CCNc1ncncc1Cl. The van der Waals surface area contributed by atoms with Crippen LogP contribution in [0.2, 0.25) is 5.02 Å². The first-order valence-electron chi connectivity index (χ1n) is 5.39. The zero-order valence-electron chi connectivity index (χ0n) is 10.2. The molecule has 2 N–H and O–H groups in total. The lowest BCUT2D eigenvalue weighted by Crippen LogP contribution is -2.41. The summed E-state index contributed by atoms with van der Waals surface area (Å²) in [7, 11) is 0. The van der Waals surface area contributed by atoms with Gasteiger partial charge < -0.3 is 10.6 Å². The van der Waals surface area contributed by atoms with E-state index in [-0.39, 0.29) is 11.4 Å². The number of hydrogen-bond acceptors (Lipinski definition) is 4. The number of carbonyl (C=O) groups is 1. The first-order chi connectivity index (χ1) is 7.88. The van der Waals surface area contributed by atoms with E-state index in [0.717, 1.165) is 0 Å². The maximum Gasteiger partial charge on any atom is 0.222 e. The van der Waals surface area contributed by atoms with Crippen molar-refractivity contribution in [2.24, 2.45) is 0 Å². The minimum atomic E-state index is -0.205. The van der Waals surface area contributed by atoms with E-state index in [0.29, 0.717) is 23.8 Å². The molecule has 0 spiro atoms. The molecule has 0 aliphatic carbocycles. The van der Waals surface area contributed by atoms with Crippen molar-refractivity contribution in [3.63, 3.8) is 0 Å². The first-order valence-corrected chi connectivity index (χ1v) is 5.77. The van der Waals surface area contributed by atoms with Crippen LogP contribution in [0.3, 0.4) is 0 Å². The Kier molecular flexibility index (Phi) is 4.69. The van der Waals surface area contributed by atoms with Gasteiger partial charge in [-0.15, -0.1) is 0 Å². The smallest absolute Gasteiger partial charge is 0.222 e. The zero-order chi connectivity index (χ0) is 12.9. The molecule has 1 rings (SSSR count). The molecule has 5 nitrogen and oxygen atoms in total. The minimum absolute atomic E-state index is 0.00446. The van der Waals surface area contributed by atoms with Gasteiger partial charge in [0.2, 0.25) is 5.91 Å². The Morgan fingerprint density at radius 2 is 2.18 bits per heavy atom. The van der Waals surface area contributed by atoms with Crippen LogP contribution < -0.4 is 10.6 Å². The van der Waals surface area contributed by atoms with Crippen molar-refractivity contribution < 1.29 is 4.79 Å². The second-order valence-electron chi connectivity index (χ2n) is 4.69. The molecule has 1 amide bonds. The van der Waals surface area contributed by atoms with Crippen LogP contribution in [0.5, 0.6) is 0 Å². The van der Waals surface area contributed by atoms with Gasteiger partial charge in [0.25, 0.3) is 0 Å². The summed E-state index contributed by atoms with van der Waals surface area (Å²) in [6, 6.07) is 0. The molecule has 1 aromatic heterocycles. The zero-order valence-corrected chi connectivity index (χ0v) is 11.0. The van der Waals surface area contributed by atoms with Crippen LogP contribution >= 0.6 is 11.6 Å². The molecular weight excluding hydrogens is 240 g/mol. The maximum absolute atomic E-state index is 11.5. The van der Waals surface area contributed by atoms with Crippen molar-refractivity contribution in [2.75, 3.05) is 11.9 Å². The first kappa shape index (κ1) is 13.7. The Morgan fingerprint density at radius 1 is 1.47 bits per heavy atom. The molecule has 17 heavy (non-hydrogen) atoms. The number of halogens is 1. The molecule has 0 aliphatic heterocycles. The summed E-state index contributed by atoms with van der Waals surface area (Å²) in [5, 5.41) is 6.31. The average Bonchev–Trinajstić information content (AvgIpc) is 2.18. The van der Waals surface area contributed by atoms with Crippen molar-refractivity contribution in [3.8, 4) is 0 Å². The summed E-state index contributed by atoms with van der Waals surface area (Å²) in [5.41, 5.74) is -0.205. The van der Waals surface area contributed by atoms with E-state index in [9.17, 15) is 4.79 Å². The number of hydrogen-bond donors (Lipinski definition) is 2. The van der Waals surface area contributed by atoms with Crippen LogP contribution in [-0.4, -0.2) is 28.0 Å². The molecule has 0 aliphatic rings. The molecule has 6 heteroatoms.